The van der Waals surface area contributed by atoms with E-state index in [9.17, 15) is 13.2 Å². The molecule has 1 aliphatic rings. The van der Waals surface area contributed by atoms with Gasteiger partial charge in [0.05, 0.1) is 5.60 Å². The summed E-state index contributed by atoms with van der Waals surface area (Å²) in [6.45, 7) is 1.07. The summed E-state index contributed by atoms with van der Waals surface area (Å²) in [5.74, 6) is 0. The molecule has 5 heteroatoms. The molecule has 0 aromatic rings. The molecule has 0 aromatic heterocycles. The van der Waals surface area contributed by atoms with Gasteiger partial charge in [-0.15, -0.1) is 0 Å². The molecule has 84 valence electrons. The Hall–Kier alpha value is 0.230. The first-order valence-electron chi connectivity index (χ1n) is 4.70. The zero-order valence-electron chi connectivity index (χ0n) is 8.03. The standard InChI is InChI=1S/C9H14BrF3O/c1-7(9(11,12)13)14-8(6-10)4-2-3-5-8/h7H,2-6H2,1H3. The molecule has 1 atom stereocenters. The van der Waals surface area contributed by atoms with Crippen molar-refractivity contribution in [2.24, 2.45) is 0 Å². The van der Waals surface area contributed by atoms with Gasteiger partial charge in [0.2, 0.25) is 0 Å². The maximum Gasteiger partial charge on any atom is 0.414 e. The smallest absolute Gasteiger partial charge is 0.362 e. The summed E-state index contributed by atoms with van der Waals surface area (Å²) in [7, 11) is 0. The van der Waals surface area contributed by atoms with Crippen LogP contribution in [0.3, 0.4) is 0 Å². The maximum atomic E-state index is 12.3. The van der Waals surface area contributed by atoms with Gasteiger partial charge < -0.3 is 4.74 Å². The zero-order chi connectivity index (χ0) is 10.8. The van der Waals surface area contributed by atoms with E-state index in [4.69, 9.17) is 4.74 Å². The van der Waals surface area contributed by atoms with E-state index in [1.54, 1.807) is 0 Å². The van der Waals surface area contributed by atoms with Crippen molar-refractivity contribution in [3.05, 3.63) is 0 Å². The lowest BCUT2D eigenvalue weighted by molar-refractivity contribution is -0.242. The highest BCUT2D eigenvalue weighted by molar-refractivity contribution is 9.09. The Morgan fingerprint density at radius 3 is 2.21 bits per heavy atom. The van der Waals surface area contributed by atoms with E-state index in [0.717, 1.165) is 32.6 Å². The lowest BCUT2D eigenvalue weighted by Crippen LogP contribution is -2.40. The van der Waals surface area contributed by atoms with E-state index in [2.05, 4.69) is 15.9 Å². The van der Waals surface area contributed by atoms with Gasteiger partial charge in [0.1, 0.15) is 0 Å². The van der Waals surface area contributed by atoms with Gasteiger partial charge in [0, 0.05) is 5.33 Å². The number of rotatable bonds is 3. The zero-order valence-corrected chi connectivity index (χ0v) is 9.62. The lowest BCUT2D eigenvalue weighted by Gasteiger charge is -2.31. The molecule has 0 heterocycles. The van der Waals surface area contributed by atoms with E-state index in [0.29, 0.717) is 5.33 Å². The third kappa shape index (κ3) is 2.86. The first-order valence-corrected chi connectivity index (χ1v) is 5.82. The van der Waals surface area contributed by atoms with Crippen molar-refractivity contribution in [3.8, 4) is 0 Å². The van der Waals surface area contributed by atoms with Crippen LogP contribution >= 0.6 is 15.9 Å². The minimum Gasteiger partial charge on any atom is -0.362 e. The Bertz CT molecular complexity index is 187. The van der Waals surface area contributed by atoms with Crippen molar-refractivity contribution in [3.63, 3.8) is 0 Å². The predicted octanol–water partition coefficient (Wildman–Crippen LogP) is 3.66. The fourth-order valence-electron chi connectivity index (χ4n) is 1.74. The summed E-state index contributed by atoms with van der Waals surface area (Å²) < 4.78 is 41.9. The van der Waals surface area contributed by atoms with Crippen LogP contribution in [0.5, 0.6) is 0 Å². The SMILES string of the molecule is CC(OC1(CBr)CCCC1)C(F)(F)F. The Balaban J connectivity index is 2.56. The average molecular weight is 275 g/mol. The van der Waals surface area contributed by atoms with Crippen LogP contribution in [-0.4, -0.2) is 23.2 Å². The minimum atomic E-state index is -4.25. The highest BCUT2D eigenvalue weighted by atomic mass is 79.9. The van der Waals surface area contributed by atoms with Crippen LogP contribution in [0.1, 0.15) is 32.6 Å². The summed E-state index contributed by atoms with van der Waals surface area (Å²) in [4.78, 5) is 0. The summed E-state index contributed by atoms with van der Waals surface area (Å²) in [6.07, 6.45) is -2.57. The minimum absolute atomic E-state index is 0.487. The molecular formula is C9H14BrF3O. The van der Waals surface area contributed by atoms with Gasteiger partial charge in [-0.1, -0.05) is 28.8 Å². The summed E-state index contributed by atoms with van der Waals surface area (Å²) in [6, 6.07) is 0. The molecule has 0 radical (unpaired) electrons. The van der Waals surface area contributed by atoms with Crippen LogP contribution in [0.4, 0.5) is 13.2 Å². The molecule has 0 bridgehead atoms. The van der Waals surface area contributed by atoms with Crippen molar-refractivity contribution in [2.45, 2.75) is 50.5 Å². The second-order valence-electron chi connectivity index (χ2n) is 3.83. The molecule has 0 aliphatic heterocycles. The summed E-state index contributed by atoms with van der Waals surface area (Å²) in [5, 5.41) is 0.487. The van der Waals surface area contributed by atoms with E-state index < -0.39 is 17.9 Å². The van der Waals surface area contributed by atoms with Crippen LogP contribution in [0.25, 0.3) is 0 Å². The van der Waals surface area contributed by atoms with E-state index in [1.165, 1.54) is 0 Å². The number of alkyl halides is 4. The van der Waals surface area contributed by atoms with Gasteiger partial charge in [-0.25, -0.2) is 0 Å². The van der Waals surface area contributed by atoms with Crippen LogP contribution < -0.4 is 0 Å². The number of halogens is 4. The van der Waals surface area contributed by atoms with Crippen molar-refractivity contribution >= 4 is 15.9 Å². The van der Waals surface area contributed by atoms with Crippen molar-refractivity contribution in [1.29, 1.82) is 0 Å². The Morgan fingerprint density at radius 2 is 1.86 bits per heavy atom. The van der Waals surface area contributed by atoms with Crippen molar-refractivity contribution in [1.82, 2.24) is 0 Å². The normalized spacial score (nSPS) is 23.8. The van der Waals surface area contributed by atoms with Gasteiger partial charge in [-0.3, -0.25) is 0 Å². The second-order valence-corrected chi connectivity index (χ2v) is 4.39. The van der Waals surface area contributed by atoms with Crippen LogP contribution in [-0.2, 0) is 4.74 Å². The molecular weight excluding hydrogens is 261 g/mol. The predicted molar refractivity (Wildman–Crippen MR) is 51.6 cm³/mol. The quantitative estimate of drug-likeness (QED) is 0.714. The van der Waals surface area contributed by atoms with Gasteiger partial charge >= 0.3 is 6.18 Å². The fraction of sp³-hybridized carbons (Fsp3) is 1.00. The third-order valence-electron chi connectivity index (χ3n) is 2.65. The number of hydrogen-bond donors (Lipinski definition) is 0. The molecule has 1 rings (SSSR count). The van der Waals surface area contributed by atoms with Crippen LogP contribution in [0.2, 0.25) is 0 Å². The van der Waals surface area contributed by atoms with Gasteiger partial charge in [-0.2, -0.15) is 13.2 Å². The first kappa shape index (κ1) is 12.3. The van der Waals surface area contributed by atoms with Crippen molar-refractivity contribution < 1.29 is 17.9 Å². The largest absolute Gasteiger partial charge is 0.414 e. The monoisotopic (exact) mass is 274 g/mol. The van der Waals surface area contributed by atoms with Crippen LogP contribution in [0, 0.1) is 0 Å². The van der Waals surface area contributed by atoms with Gasteiger partial charge in [0.25, 0.3) is 0 Å². The Morgan fingerprint density at radius 1 is 1.36 bits per heavy atom. The average Bonchev–Trinajstić information content (AvgIpc) is 2.52. The molecule has 0 spiro atoms. The fourth-order valence-corrected chi connectivity index (χ4v) is 2.44. The van der Waals surface area contributed by atoms with E-state index in [-0.39, 0.29) is 0 Å². The third-order valence-corrected chi connectivity index (χ3v) is 3.67. The molecule has 0 N–H and O–H groups in total. The molecule has 1 nitrogen and oxygen atoms in total. The number of hydrogen-bond acceptors (Lipinski definition) is 1. The highest BCUT2D eigenvalue weighted by Gasteiger charge is 2.44. The van der Waals surface area contributed by atoms with Gasteiger partial charge in [-0.05, 0) is 19.8 Å². The molecule has 1 aliphatic carbocycles. The molecule has 0 saturated heterocycles. The molecule has 14 heavy (non-hydrogen) atoms. The molecule has 1 saturated carbocycles. The van der Waals surface area contributed by atoms with Crippen molar-refractivity contribution in [2.75, 3.05) is 5.33 Å². The van der Waals surface area contributed by atoms with E-state index in [1.807, 2.05) is 0 Å². The van der Waals surface area contributed by atoms with Crippen LogP contribution in [0.15, 0.2) is 0 Å². The Kier molecular flexibility index (Phi) is 3.86. The number of ether oxygens (including phenoxy) is 1. The molecule has 1 fully saturated rings. The summed E-state index contributed by atoms with van der Waals surface area (Å²) in [5.41, 5.74) is -0.588. The molecule has 0 amide bonds. The summed E-state index contributed by atoms with van der Waals surface area (Å²) >= 11 is 3.24. The topological polar surface area (TPSA) is 9.23 Å². The first-order chi connectivity index (χ1) is 6.40. The maximum absolute atomic E-state index is 12.3. The second kappa shape index (κ2) is 4.39. The highest BCUT2D eigenvalue weighted by Crippen LogP contribution is 2.38. The molecule has 1 unspecified atom stereocenters. The Labute approximate surface area is 90.1 Å². The van der Waals surface area contributed by atoms with E-state index >= 15 is 0 Å². The van der Waals surface area contributed by atoms with Gasteiger partial charge in [0.15, 0.2) is 6.10 Å². The lowest BCUT2D eigenvalue weighted by atomic mass is 10.1. The molecule has 0 aromatic carbocycles.